The molecule has 0 spiro atoms. The minimum Gasteiger partial charge on any atom is -0.464 e. The van der Waals surface area contributed by atoms with Crippen molar-refractivity contribution in [1.82, 2.24) is 10.6 Å². The van der Waals surface area contributed by atoms with E-state index in [0.29, 0.717) is 25.7 Å². The zero-order valence-electron chi connectivity index (χ0n) is 17.1. The molecule has 1 rings (SSSR count). The number of rotatable bonds is 12. The smallest absolute Gasteiger partial charge is 0.331 e. The highest BCUT2D eigenvalue weighted by molar-refractivity contribution is 6.07. The first kappa shape index (κ1) is 24.8. The van der Waals surface area contributed by atoms with Crippen molar-refractivity contribution in [1.29, 1.82) is 0 Å². The predicted molar refractivity (Wildman–Crippen MR) is 101 cm³/mol. The summed E-state index contributed by atoms with van der Waals surface area (Å²) in [5.74, 6) is -3.02. The fraction of sp³-hybridized carbons (Fsp3) is 0.789. The molecule has 0 radical (unpaired) electrons. The highest BCUT2D eigenvalue weighted by Gasteiger charge is 2.49. The van der Waals surface area contributed by atoms with Gasteiger partial charge in [0.25, 0.3) is 0 Å². The van der Waals surface area contributed by atoms with Crippen molar-refractivity contribution >= 4 is 23.8 Å². The lowest BCUT2D eigenvalue weighted by molar-refractivity contribution is -0.155. The molecule has 0 bridgehead atoms. The molecule has 29 heavy (non-hydrogen) atoms. The first-order valence-electron chi connectivity index (χ1n) is 10.0. The highest BCUT2D eigenvalue weighted by Crippen LogP contribution is 2.39. The average molecular weight is 416 g/mol. The van der Waals surface area contributed by atoms with Crippen LogP contribution in [0.1, 0.15) is 52.4 Å². The Morgan fingerprint density at radius 3 is 1.52 bits per heavy atom. The first-order valence-corrected chi connectivity index (χ1v) is 10.0. The molecule has 0 aromatic rings. The normalized spacial score (nSPS) is 17.1. The largest absolute Gasteiger partial charge is 0.464 e. The highest BCUT2D eigenvalue weighted by atomic mass is 16.5. The first-order chi connectivity index (χ1) is 13.9. The Hall–Kier alpha value is -2.20. The summed E-state index contributed by atoms with van der Waals surface area (Å²) in [6, 6.07) is -2.58. The van der Waals surface area contributed by atoms with Crippen molar-refractivity contribution in [3.8, 4) is 0 Å². The number of amides is 2. The van der Waals surface area contributed by atoms with E-state index in [0.717, 1.165) is 0 Å². The molecular weight excluding hydrogens is 384 g/mol. The third kappa shape index (κ3) is 6.67. The fourth-order valence-electron chi connectivity index (χ4n) is 3.09. The molecule has 0 aromatic carbocycles. The maximum absolute atomic E-state index is 12.9. The van der Waals surface area contributed by atoms with E-state index in [2.05, 4.69) is 10.6 Å². The molecule has 1 fully saturated rings. The quantitative estimate of drug-likeness (QED) is 0.243. The number of nitrogens with one attached hydrogen (secondary N) is 2. The molecule has 10 nitrogen and oxygen atoms in total. The monoisotopic (exact) mass is 416 g/mol. The fourth-order valence-corrected chi connectivity index (χ4v) is 3.09. The number of carbonyl (C=O) groups is 4. The van der Waals surface area contributed by atoms with Crippen LogP contribution in [0.2, 0.25) is 0 Å². The Labute approximate surface area is 170 Å². The molecule has 0 heterocycles. The van der Waals surface area contributed by atoms with Gasteiger partial charge in [0.1, 0.15) is 5.41 Å². The number of aliphatic hydroxyl groups is 2. The summed E-state index contributed by atoms with van der Waals surface area (Å²) in [4.78, 5) is 49.8. The van der Waals surface area contributed by atoms with E-state index in [1.54, 1.807) is 13.8 Å². The van der Waals surface area contributed by atoms with Gasteiger partial charge in [-0.15, -0.1) is 0 Å². The second kappa shape index (κ2) is 12.4. The molecular formula is C19H32N2O8. The van der Waals surface area contributed by atoms with E-state index in [-0.39, 0.29) is 26.1 Å². The molecule has 0 aromatic heterocycles. The molecule has 1 saturated carbocycles. The van der Waals surface area contributed by atoms with Crippen LogP contribution in [0.3, 0.4) is 0 Å². The van der Waals surface area contributed by atoms with E-state index >= 15 is 0 Å². The van der Waals surface area contributed by atoms with Crippen molar-refractivity contribution in [3.05, 3.63) is 0 Å². The van der Waals surface area contributed by atoms with E-state index in [1.165, 1.54) is 0 Å². The van der Waals surface area contributed by atoms with Gasteiger partial charge in [-0.3, -0.25) is 9.59 Å². The second-order valence-corrected chi connectivity index (χ2v) is 7.04. The molecule has 166 valence electrons. The van der Waals surface area contributed by atoms with Crippen LogP contribution in [-0.2, 0) is 28.7 Å². The minimum atomic E-state index is -1.50. The Kier molecular flexibility index (Phi) is 10.6. The van der Waals surface area contributed by atoms with Gasteiger partial charge < -0.3 is 30.3 Å². The molecule has 2 amide bonds. The van der Waals surface area contributed by atoms with Gasteiger partial charge in [-0.1, -0.05) is 26.7 Å². The van der Waals surface area contributed by atoms with Gasteiger partial charge >= 0.3 is 11.9 Å². The summed E-state index contributed by atoms with van der Waals surface area (Å²) in [6.07, 6.45) is 2.82. The van der Waals surface area contributed by atoms with Gasteiger partial charge in [0.15, 0.2) is 12.1 Å². The molecule has 0 aliphatic heterocycles. The van der Waals surface area contributed by atoms with Crippen molar-refractivity contribution < 1.29 is 38.9 Å². The van der Waals surface area contributed by atoms with E-state index in [9.17, 15) is 29.4 Å². The Bertz CT molecular complexity index is 531. The van der Waals surface area contributed by atoms with Gasteiger partial charge in [0.05, 0.1) is 26.4 Å². The molecule has 0 saturated heterocycles. The lowest BCUT2D eigenvalue weighted by Crippen LogP contribution is -2.57. The van der Waals surface area contributed by atoms with Crippen LogP contribution >= 0.6 is 0 Å². The maximum Gasteiger partial charge on any atom is 0.331 e. The molecule has 4 N–H and O–H groups in total. The van der Waals surface area contributed by atoms with Crippen LogP contribution in [0.25, 0.3) is 0 Å². The third-order valence-corrected chi connectivity index (χ3v) is 4.77. The number of hydrogen-bond donors (Lipinski definition) is 4. The number of hydrogen-bond acceptors (Lipinski definition) is 8. The number of carbonyl (C=O) groups excluding carboxylic acids is 4. The van der Waals surface area contributed by atoms with Gasteiger partial charge in [0, 0.05) is 0 Å². The third-order valence-electron chi connectivity index (χ3n) is 4.77. The summed E-state index contributed by atoms with van der Waals surface area (Å²) in [6.45, 7) is 2.56. The average Bonchev–Trinajstić information content (AvgIpc) is 3.23. The summed E-state index contributed by atoms with van der Waals surface area (Å²) in [7, 11) is 0. The van der Waals surface area contributed by atoms with Gasteiger partial charge in [-0.25, -0.2) is 9.59 Å². The van der Waals surface area contributed by atoms with Crippen LogP contribution in [0, 0.1) is 5.41 Å². The van der Waals surface area contributed by atoms with Crippen molar-refractivity contribution in [2.45, 2.75) is 64.5 Å². The van der Waals surface area contributed by atoms with Crippen LogP contribution in [0.4, 0.5) is 0 Å². The van der Waals surface area contributed by atoms with Crippen molar-refractivity contribution in [2.24, 2.45) is 5.41 Å². The molecule has 0 unspecified atom stereocenters. The van der Waals surface area contributed by atoms with Gasteiger partial charge in [0.2, 0.25) is 11.8 Å². The summed E-state index contributed by atoms with van der Waals surface area (Å²) >= 11 is 0. The number of esters is 2. The van der Waals surface area contributed by atoms with Gasteiger partial charge in [-0.05, 0) is 25.7 Å². The summed E-state index contributed by atoms with van der Waals surface area (Å²) < 4.78 is 9.89. The number of aliphatic hydroxyl groups excluding tert-OH is 2. The summed E-state index contributed by atoms with van der Waals surface area (Å²) in [5.41, 5.74) is -1.50. The van der Waals surface area contributed by atoms with Crippen LogP contribution in [0.5, 0.6) is 0 Å². The lowest BCUT2D eigenvalue weighted by Gasteiger charge is -2.29. The van der Waals surface area contributed by atoms with Gasteiger partial charge in [-0.2, -0.15) is 0 Å². The van der Waals surface area contributed by atoms with E-state index in [4.69, 9.17) is 9.47 Å². The Morgan fingerprint density at radius 1 is 0.828 bits per heavy atom. The van der Waals surface area contributed by atoms with Crippen LogP contribution in [-0.4, -0.2) is 72.5 Å². The molecule has 1 aliphatic carbocycles. The molecule has 1 aliphatic rings. The maximum atomic E-state index is 12.9. The van der Waals surface area contributed by atoms with Crippen molar-refractivity contribution in [2.75, 3.05) is 26.4 Å². The molecule has 10 heteroatoms. The second-order valence-electron chi connectivity index (χ2n) is 7.04. The zero-order valence-corrected chi connectivity index (χ0v) is 17.1. The summed E-state index contributed by atoms with van der Waals surface area (Å²) in [5, 5.41) is 23.7. The Morgan fingerprint density at radius 2 is 1.21 bits per heavy atom. The lowest BCUT2D eigenvalue weighted by atomic mass is 9.83. The SMILES string of the molecule is CCCOC(=O)[C@@H](CO)NC(=O)C1(C(=O)N[C@H](CO)C(=O)OCCC)CCCC1. The van der Waals surface area contributed by atoms with Crippen LogP contribution in [0.15, 0.2) is 0 Å². The Balaban J connectivity index is 2.88. The van der Waals surface area contributed by atoms with Crippen LogP contribution < -0.4 is 10.6 Å². The minimum absolute atomic E-state index is 0.148. The van der Waals surface area contributed by atoms with Crippen molar-refractivity contribution in [3.63, 3.8) is 0 Å². The standard InChI is InChI=1S/C19H32N2O8/c1-3-9-28-15(24)13(11-22)20-17(26)19(7-5-6-8-19)18(27)21-14(12-23)16(25)29-10-4-2/h13-14,22-23H,3-12H2,1-2H3,(H,20,26)(H,21,27)/t13-,14-/m1/s1. The van der Waals surface area contributed by atoms with E-state index < -0.39 is 54.5 Å². The predicted octanol–water partition coefficient (Wildman–Crippen LogP) is -0.593. The van der Waals surface area contributed by atoms with E-state index in [1.807, 2.05) is 0 Å². The number of ether oxygens (including phenoxy) is 2. The zero-order chi connectivity index (χ0) is 21.9. The topological polar surface area (TPSA) is 151 Å². The molecule has 2 atom stereocenters.